The summed E-state index contributed by atoms with van der Waals surface area (Å²) in [7, 11) is 0. The van der Waals surface area contributed by atoms with Gasteiger partial charge in [-0.1, -0.05) is 24.3 Å². The third-order valence-corrected chi connectivity index (χ3v) is 2.66. The highest BCUT2D eigenvalue weighted by molar-refractivity contribution is 6.10. The average molecular weight is 259 g/mol. The second kappa shape index (κ2) is 4.46. The number of benzene rings is 2. The van der Waals surface area contributed by atoms with Gasteiger partial charge in [0.25, 0.3) is 0 Å². The Hall–Kier alpha value is -2.23. The maximum absolute atomic E-state index is 12.2. The molecule has 0 radical (unpaired) electrons. The first-order valence-corrected chi connectivity index (χ1v) is 6.03. The first-order valence-electron chi connectivity index (χ1n) is 6.03. The third kappa shape index (κ3) is 2.62. The maximum atomic E-state index is 12.2. The molecule has 2 aromatic rings. The zero-order valence-corrected chi connectivity index (χ0v) is 11.2. The van der Waals surface area contributed by atoms with Crippen LogP contribution < -0.4 is 5.73 Å². The molecule has 0 amide bonds. The fourth-order valence-corrected chi connectivity index (χ4v) is 1.93. The minimum Gasteiger partial charge on any atom is -0.507 e. The lowest BCUT2D eigenvalue weighted by Gasteiger charge is -2.21. The van der Waals surface area contributed by atoms with E-state index < -0.39 is 11.6 Å². The van der Waals surface area contributed by atoms with Crippen molar-refractivity contribution < 1.29 is 14.6 Å². The van der Waals surface area contributed by atoms with Crippen LogP contribution in [0.2, 0.25) is 0 Å². The highest BCUT2D eigenvalue weighted by Crippen LogP contribution is 2.33. The van der Waals surface area contributed by atoms with Gasteiger partial charge < -0.3 is 15.6 Å². The summed E-state index contributed by atoms with van der Waals surface area (Å²) < 4.78 is 5.35. The first-order chi connectivity index (χ1) is 8.79. The van der Waals surface area contributed by atoms with E-state index in [9.17, 15) is 9.90 Å². The van der Waals surface area contributed by atoms with E-state index in [-0.39, 0.29) is 11.4 Å². The number of anilines is 1. The summed E-state index contributed by atoms with van der Waals surface area (Å²) in [4.78, 5) is 12.2. The molecule has 0 aromatic heterocycles. The number of esters is 1. The highest BCUT2D eigenvalue weighted by Gasteiger charge is 2.22. The number of hydrogen-bond acceptors (Lipinski definition) is 4. The number of nitrogens with two attached hydrogens (primary N) is 1. The summed E-state index contributed by atoms with van der Waals surface area (Å²) in [6.07, 6.45) is 0. The van der Waals surface area contributed by atoms with Crippen molar-refractivity contribution >= 4 is 22.4 Å². The van der Waals surface area contributed by atoms with Gasteiger partial charge in [0.05, 0.1) is 11.3 Å². The summed E-state index contributed by atoms with van der Waals surface area (Å²) in [6, 6.07) is 8.43. The molecule has 0 fully saturated rings. The first kappa shape index (κ1) is 13.2. The minimum atomic E-state index is -0.595. The molecule has 3 N–H and O–H groups in total. The summed E-state index contributed by atoms with van der Waals surface area (Å²) in [5.74, 6) is -0.429. The minimum absolute atomic E-state index is 0.0559. The molecule has 100 valence electrons. The standard InChI is InChI=1S/C15H17NO3/c1-15(2,3)19-14(18)13-10-7-5-4-6-9(10)12(17)8-11(13)16/h4-8,17H,16H2,1-3H3. The Kier molecular flexibility index (Phi) is 3.10. The highest BCUT2D eigenvalue weighted by atomic mass is 16.6. The molecule has 0 aliphatic carbocycles. The van der Waals surface area contributed by atoms with Crippen molar-refractivity contribution in [2.24, 2.45) is 0 Å². The number of carbonyl (C=O) groups is 1. The Balaban J connectivity index is 2.63. The fraction of sp³-hybridized carbons (Fsp3) is 0.267. The largest absolute Gasteiger partial charge is 0.507 e. The van der Waals surface area contributed by atoms with Crippen molar-refractivity contribution in [3.8, 4) is 5.75 Å². The van der Waals surface area contributed by atoms with Crippen molar-refractivity contribution in [1.29, 1.82) is 0 Å². The van der Waals surface area contributed by atoms with Gasteiger partial charge in [-0.15, -0.1) is 0 Å². The molecule has 0 aliphatic heterocycles. The molecule has 0 spiro atoms. The van der Waals surface area contributed by atoms with Crippen molar-refractivity contribution in [3.05, 3.63) is 35.9 Å². The smallest absolute Gasteiger partial charge is 0.341 e. The van der Waals surface area contributed by atoms with Gasteiger partial charge in [0.1, 0.15) is 11.4 Å². The van der Waals surface area contributed by atoms with Crippen LogP contribution in [0.15, 0.2) is 30.3 Å². The van der Waals surface area contributed by atoms with Crippen LogP contribution in [0.1, 0.15) is 31.1 Å². The summed E-state index contributed by atoms with van der Waals surface area (Å²) >= 11 is 0. The van der Waals surface area contributed by atoms with E-state index in [1.807, 2.05) is 0 Å². The van der Waals surface area contributed by atoms with Gasteiger partial charge in [-0.2, -0.15) is 0 Å². The predicted octanol–water partition coefficient (Wildman–Crippen LogP) is 3.08. The molecule has 0 saturated heterocycles. The van der Waals surface area contributed by atoms with Gasteiger partial charge in [-0.25, -0.2) is 4.79 Å². The zero-order valence-electron chi connectivity index (χ0n) is 11.2. The number of phenols is 1. The van der Waals surface area contributed by atoms with Gasteiger partial charge in [0.15, 0.2) is 0 Å². The van der Waals surface area contributed by atoms with Crippen molar-refractivity contribution in [1.82, 2.24) is 0 Å². The summed E-state index contributed by atoms with van der Waals surface area (Å²) in [6.45, 7) is 5.39. The predicted molar refractivity (Wildman–Crippen MR) is 75.2 cm³/mol. The quantitative estimate of drug-likeness (QED) is 0.609. The number of carbonyl (C=O) groups excluding carboxylic acids is 1. The van der Waals surface area contributed by atoms with E-state index in [1.54, 1.807) is 45.0 Å². The molecular formula is C15H17NO3. The van der Waals surface area contributed by atoms with Gasteiger partial charge in [0, 0.05) is 16.8 Å². The molecule has 4 nitrogen and oxygen atoms in total. The lowest BCUT2D eigenvalue weighted by Crippen LogP contribution is -2.24. The van der Waals surface area contributed by atoms with Crippen LogP contribution in [-0.2, 0) is 4.74 Å². The van der Waals surface area contributed by atoms with E-state index in [0.717, 1.165) is 0 Å². The second-order valence-corrected chi connectivity index (χ2v) is 5.41. The topological polar surface area (TPSA) is 72.5 Å². The van der Waals surface area contributed by atoms with Crippen LogP contribution in [0.4, 0.5) is 5.69 Å². The monoisotopic (exact) mass is 259 g/mol. The van der Waals surface area contributed by atoms with E-state index >= 15 is 0 Å². The SMILES string of the molecule is CC(C)(C)OC(=O)c1c(N)cc(O)c2ccccc12. The molecule has 4 heteroatoms. The van der Waals surface area contributed by atoms with Crippen molar-refractivity contribution in [3.63, 3.8) is 0 Å². The molecule has 2 aromatic carbocycles. The van der Waals surface area contributed by atoms with Gasteiger partial charge in [-0.05, 0) is 20.8 Å². The number of nitrogen functional groups attached to an aromatic ring is 1. The third-order valence-electron chi connectivity index (χ3n) is 2.66. The van der Waals surface area contributed by atoms with Crippen LogP contribution in [0.5, 0.6) is 5.75 Å². The molecule has 19 heavy (non-hydrogen) atoms. The van der Waals surface area contributed by atoms with E-state index in [4.69, 9.17) is 10.5 Å². The number of fused-ring (bicyclic) bond motifs is 1. The Bertz CT molecular complexity index is 642. The number of phenolic OH excluding ortho intramolecular Hbond substituents is 1. The van der Waals surface area contributed by atoms with E-state index in [2.05, 4.69) is 0 Å². The molecule has 0 saturated carbocycles. The lowest BCUT2D eigenvalue weighted by molar-refractivity contribution is 0.00731. The average Bonchev–Trinajstić information content (AvgIpc) is 2.26. The van der Waals surface area contributed by atoms with Crippen LogP contribution in [-0.4, -0.2) is 16.7 Å². The Morgan fingerprint density at radius 1 is 1.21 bits per heavy atom. The van der Waals surface area contributed by atoms with Crippen LogP contribution in [0.3, 0.4) is 0 Å². The second-order valence-electron chi connectivity index (χ2n) is 5.41. The molecule has 0 bridgehead atoms. The number of aromatic hydroxyl groups is 1. The Labute approximate surface area is 111 Å². The molecule has 0 aliphatic rings. The Morgan fingerprint density at radius 2 is 1.79 bits per heavy atom. The lowest BCUT2D eigenvalue weighted by atomic mass is 10.0. The Morgan fingerprint density at radius 3 is 2.37 bits per heavy atom. The zero-order chi connectivity index (χ0) is 14.2. The van der Waals surface area contributed by atoms with Gasteiger partial charge >= 0.3 is 5.97 Å². The molecule has 2 rings (SSSR count). The van der Waals surface area contributed by atoms with Crippen molar-refractivity contribution in [2.45, 2.75) is 26.4 Å². The summed E-state index contributed by atoms with van der Waals surface area (Å²) in [5.41, 5.74) is 5.76. The number of rotatable bonds is 1. The molecule has 0 heterocycles. The van der Waals surface area contributed by atoms with Gasteiger partial charge in [0.2, 0.25) is 0 Å². The van der Waals surface area contributed by atoms with Crippen LogP contribution in [0.25, 0.3) is 10.8 Å². The number of hydrogen-bond donors (Lipinski definition) is 2. The molecule has 0 atom stereocenters. The summed E-state index contributed by atoms with van der Waals surface area (Å²) in [5, 5.41) is 11.0. The maximum Gasteiger partial charge on any atom is 0.341 e. The van der Waals surface area contributed by atoms with Crippen molar-refractivity contribution in [2.75, 3.05) is 5.73 Å². The van der Waals surface area contributed by atoms with E-state index in [0.29, 0.717) is 16.3 Å². The van der Waals surface area contributed by atoms with E-state index in [1.165, 1.54) is 6.07 Å². The molecular weight excluding hydrogens is 242 g/mol. The molecule has 0 unspecified atom stereocenters. The number of ether oxygens (including phenoxy) is 1. The van der Waals surface area contributed by atoms with Gasteiger partial charge in [-0.3, -0.25) is 0 Å². The van der Waals surface area contributed by atoms with Crippen LogP contribution in [0, 0.1) is 0 Å². The fourth-order valence-electron chi connectivity index (χ4n) is 1.93. The van der Waals surface area contributed by atoms with Crippen LogP contribution >= 0.6 is 0 Å². The normalized spacial score (nSPS) is 11.5.